The Morgan fingerprint density at radius 1 is 0.947 bits per heavy atom. The summed E-state index contributed by atoms with van der Waals surface area (Å²) in [6.07, 6.45) is 11.6. The van der Waals surface area contributed by atoms with Crippen LogP contribution in [0.25, 0.3) is 0 Å². The van der Waals surface area contributed by atoms with Gasteiger partial charge in [-0.1, -0.05) is 59.8 Å². The summed E-state index contributed by atoms with van der Waals surface area (Å²) < 4.78 is 6.25. The van der Waals surface area contributed by atoms with Crippen molar-refractivity contribution in [3.05, 3.63) is 0 Å². The van der Waals surface area contributed by atoms with Crippen LogP contribution in [0.5, 0.6) is 0 Å². The minimum absolute atomic E-state index is 0.232. The van der Waals surface area contributed by atoms with Crippen molar-refractivity contribution in [2.75, 3.05) is 6.61 Å². The van der Waals surface area contributed by atoms with Gasteiger partial charge in [-0.2, -0.15) is 12.6 Å². The van der Waals surface area contributed by atoms with Crippen LogP contribution in [0.4, 0.5) is 0 Å². The van der Waals surface area contributed by atoms with Crippen molar-refractivity contribution in [3.63, 3.8) is 0 Å². The van der Waals surface area contributed by atoms with E-state index in [0.717, 1.165) is 18.9 Å². The van der Waals surface area contributed by atoms with E-state index in [1.54, 1.807) is 0 Å². The van der Waals surface area contributed by atoms with Crippen LogP contribution >= 0.6 is 12.6 Å². The zero-order chi connectivity index (χ0) is 14.6. The Hall–Kier alpha value is 0.527. The van der Waals surface area contributed by atoms with E-state index in [4.69, 9.17) is 17.1 Å². The highest BCUT2D eigenvalue weighted by molar-refractivity contribution is 7.83. The zero-order valence-corrected chi connectivity index (χ0v) is 16.0. The molecule has 0 fully saturated rings. The van der Waals surface area contributed by atoms with E-state index in [-0.39, 0.29) is 4.37 Å². The Kier molecular flexibility index (Phi) is 12.6. The SMILES string of the molecule is CCCCC(CCC)C(S)(CCCC)[SiH2]OCCC. The monoisotopic (exact) mass is 304 g/mol. The van der Waals surface area contributed by atoms with Gasteiger partial charge in [0.1, 0.15) is 0 Å². The molecular formula is C16H36OSSi. The maximum absolute atomic E-state index is 6.01. The van der Waals surface area contributed by atoms with Crippen LogP contribution in [0.3, 0.4) is 0 Å². The van der Waals surface area contributed by atoms with Crippen molar-refractivity contribution in [2.45, 2.75) is 89.9 Å². The van der Waals surface area contributed by atoms with Crippen LogP contribution in [0.15, 0.2) is 0 Å². The fourth-order valence-corrected chi connectivity index (χ4v) is 5.27. The van der Waals surface area contributed by atoms with Crippen LogP contribution in [-0.2, 0) is 4.43 Å². The van der Waals surface area contributed by atoms with E-state index in [9.17, 15) is 0 Å². The Morgan fingerprint density at radius 3 is 2.16 bits per heavy atom. The Bertz CT molecular complexity index is 201. The van der Waals surface area contributed by atoms with Crippen molar-refractivity contribution in [1.82, 2.24) is 0 Å². The smallest absolute Gasteiger partial charge is 0.177 e. The summed E-state index contributed by atoms with van der Waals surface area (Å²) in [4.78, 5) is 0. The summed E-state index contributed by atoms with van der Waals surface area (Å²) >= 11 is 5.16. The van der Waals surface area contributed by atoms with Crippen molar-refractivity contribution in [2.24, 2.45) is 5.92 Å². The Morgan fingerprint density at radius 2 is 1.63 bits per heavy atom. The fraction of sp³-hybridized carbons (Fsp3) is 1.00. The molecule has 0 aromatic heterocycles. The average Bonchev–Trinajstić information content (AvgIpc) is 2.41. The van der Waals surface area contributed by atoms with Gasteiger partial charge in [0.05, 0.1) is 0 Å². The van der Waals surface area contributed by atoms with Crippen LogP contribution in [-0.4, -0.2) is 20.7 Å². The number of hydrogen-bond donors (Lipinski definition) is 1. The highest BCUT2D eigenvalue weighted by atomic mass is 32.1. The molecule has 116 valence electrons. The lowest BCUT2D eigenvalue weighted by Crippen LogP contribution is -2.40. The van der Waals surface area contributed by atoms with Crippen LogP contribution in [0.2, 0.25) is 0 Å². The molecule has 0 aliphatic rings. The zero-order valence-electron chi connectivity index (χ0n) is 13.7. The van der Waals surface area contributed by atoms with Crippen molar-refractivity contribution in [1.29, 1.82) is 0 Å². The summed E-state index contributed by atoms with van der Waals surface area (Å²) in [5.41, 5.74) is 0. The first-order valence-electron chi connectivity index (χ1n) is 8.44. The molecule has 0 saturated carbocycles. The summed E-state index contributed by atoms with van der Waals surface area (Å²) in [5, 5.41) is 0. The summed E-state index contributed by atoms with van der Waals surface area (Å²) in [5.74, 6) is 0.774. The first-order valence-corrected chi connectivity index (χ1v) is 10.2. The van der Waals surface area contributed by atoms with Gasteiger partial charge < -0.3 is 4.43 Å². The molecule has 0 saturated heterocycles. The maximum atomic E-state index is 6.01. The normalized spacial score (nSPS) is 16.9. The van der Waals surface area contributed by atoms with Crippen LogP contribution in [0.1, 0.15) is 85.5 Å². The van der Waals surface area contributed by atoms with E-state index in [0.29, 0.717) is 0 Å². The summed E-state index contributed by atoms with van der Waals surface area (Å²) in [7, 11) is -0.534. The predicted molar refractivity (Wildman–Crippen MR) is 94.0 cm³/mol. The minimum Gasteiger partial charge on any atom is -0.423 e. The molecule has 2 atom stereocenters. The van der Waals surface area contributed by atoms with Gasteiger partial charge >= 0.3 is 0 Å². The van der Waals surface area contributed by atoms with E-state index < -0.39 is 9.76 Å². The average molecular weight is 305 g/mol. The summed E-state index contributed by atoms with van der Waals surface area (Å²) in [6, 6.07) is 0. The lowest BCUT2D eigenvalue weighted by molar-refractivity contribution is 0.291. The molecule has 1 nitrogen and oxygen atoms in total. The molecule has 0 aromatic rings. The molecule has 0 aliphatic carbocycles. The predicted octanol–water partition coefficient (Wildman–Crippen LogP) is 4.92. The molecule has 0 N–H and O–H groups in total. The second kappa shape index (κ2) is 12.3. The van der Waals surface area contributed by atoms with Gasteiger partial charge in [0.2, 0.25) is 0 Å². The molecule has 0 spiro atoms. The Labute approximate surface area is 129 Å². The number of hydrogen-bond acceptors (Lipinski definition) is 2. The first-order chi connectivity index (χ1) is 9.14. The van der Waals surface area contributed by atoms with E-state index in [2.05, 4.69) is 27.7 Å². The van der Waals surface area contributed by atoms with Gasteiger partial charge in [-0.05, 0) is 31.6 Å². The largest absolute Gasteiger partial charge is 0.423 e. The molecule has 2 unspecified atom stereocenters. The fourth-order valence-electron chi connectivity index (χ4n) is 2.75. The molecule has 0 heterocycles. The van der Waals surface area contributed by atoms with E-state index in [1.165, 1.54) is 51.4 Å². The first kappa shape index (κ1) is 19.5. The second-order valence-corrected chi connectivity index (χ2v) is 9.33. The standard InChI is InChI=1S/C16H36OSSi/c1-5-9-12-15(11-7-3)16(18,13-10-6-2)19-17-14-8-4/h15,18H,5-14,19H2,1-4H3. The third-order valence-corrected chi connectivity index (χ3v) is 6.87. The number of rotatable bonds is 13. The molecule has 0 radical (unpaired) electrons. The highest BCUT2D eigenvalue weighted by Crippen LogP contribution is 2.36. The molecule has 0 aliphatic heterocycles. The lowest BCUT2D eigenvalue weighted by Gasteiger charge is -2.36. The van der Waals surface area contributed by atoms with Gasteiger partial charge in [-0.3, -0.25) is 0 Å². The number of unbranched alkanes of at least 4 members (excludes halogenated alkanes) is 2. The van der Waals surface area contributed by atoms with Crippen LogP contribution < -0.4 is 0 Å². The van der Waals surface area contributed by atoms with Gasteiger partial charge in [-0.15, -0.1) is 0 Å². The molecule has 19 heavy (non-hydrogen) atoms. The molecule has 0 bridgehead atoms. The van der Waals surface area contributed by atoms with Crippen molar-refractivity contribution >= 4 is 22.4 Å². The van der Waals surface area contributed by atoms with Crippen molar-refractivity contribution in [3.8, 4) is 0 Å². The third-order valence-electron chi connectivity index (χ3n) is 3.97. The quantitative estimate of drug-likeness (QED) is 0.289. The Balaban J connectivity index is 4.59. The second-order valence-electron chi connectivity index (χ2n) is 5.89. The van der Waals surface area contributed by atoms with Crippen molar-refractivity contribution < 1.29 is 4.43 Å². The molecule has 3 heteroatoms. The molecule has 0 amide bonds. The van der Waals surface area contributed by atoms with E-state index in [1.807, 2.05) is 0 Å². The van der Waals surface area contributed by atoms with Gasteiger partial charge in [0.25, 0.3) is 0 Å². The van der Waals surface area contributed by atoms with Crippen LogP contribution in [0, 0.1) is 5.92 Å². The van der Waals surface area contributed by atoms with Gasteiger partial charge in [-0.25, -0.2) is 0 Å². The molecule has 0 rings (SSSR count). The highest BCUT2D eigenvalue weighted by Gasteiger charge is 2.34. The van der Waals surface area contributed by atoms with Gasteiger partial charge in [0, 0.05) is 11.0 Å². The topological polar surface area (TPSA) is 9.23 Å². The lowest BCUT2D eigenvalue weighted by atomic mass is 9.90. The van der Waals surface area contributed by atoms with E-state index >= 15 is 0 Å². The minimum atomic E-state index is -0.534. The molecular weight excluding hydrogens is 268 g/mol. The summed E-state index contributed by atoms with van der Waals surface area (Å²) in [6.45, 7) is 10.0. The maximum Gasteiger partial charge on any atom is 0.177 e. The molecule has 0 aromatic carbocycles. The number of thiol groups is 1. The van der Waals surface area contributed by atoms with Gasteiger partial charge in [0.15, 0.2) is 9.76 Å². The third kappa shape index (κ3) is 8.41.